The lowest BCUT2D eigenvalue weighted by atomic mass is 10.1. The van der Waals surface area contributed by atoms with Gasteiger partial charge in [0.1, 0.15) is 0 Å². The van der Waals surface area contributed by atoms with Crippen molar-refractivity contribution >= 4 is 81.1 Å². The van der Waals surface area contributed by atoms with Crippen LogP contribution in [0.25, 0.3) is 58.4 Å². The molecule has 0 bridgehead atoms. The van der Waals surface area contributed by atoms with Gasteiger partial charge in [-0.25, -0.2) is 0 Å². The molecule has 2 aromatic heterocycles. The molecule has 2 nitrogen and oxygen atoms in total. The maximum Gasteiger partial charge on any atom is 0.0561 e. The first kappa shape index (κ1) is 24.2. The molecule has 0 spiro atoms. The van der Waals surface area contributed by atoms with E-state index in [1.54, 1.807) is 0 Å². The number of para-hydroxylation sites is 2. The number of anilines is 3. The van der Waals surface area contributed by atoms with Crippen molar-refractivity contribution < 1.29 is 0 Å². The first-order valence-electron chi connectivity index (χ1n) is 14.6. The fourth-order valence-electron chi connectivity index (χ4n) is 6.57. The molecule has 0 fully saturated rings. The van der Waals surface area contributed by atoms with Crippen LogP contribution in [-0.2, 0) is 0 Å². The Labute approximate surface area is 253 Å². The second kappa shape index (κ2) is 9.59. The van der Waals surface area contributed by atoms with Crippen molar-refractivity contribution in [2.75, 3.05) is 4.90 Å². The van der Waals surface area contributed by atoms with E-state index in [9.17, 15) is 0 Å². The lowest BCUT2D eigenvalue weighted by Crippen LogP contribution is -2.10. The molecule has 2 heterocycles. The molecule has 0 unspecified atom stereocenters. The molecule has 0 aliphatic carbocycles. The molecule has 0 N–H and O–H groups in total. The van der Waals surface area contributed by atoms with Crippen molar-refractivity contribution in [3.63, 3.8) is 0 Å². The Morgan fingerprint density at radius 2 is 1.00 bits per heavy atom. The van der Waals surface area contributed by atoms with Crippen LogP contribution < -0.4 is 4.90 Å². The van der Waals surface area contributed by atoms with Gasteiger partial charge in [0.05, 0.1) is 11.0 Å². The zero-order valence-electron chi connectivity index (χ0n) is 23.3. The largest absolute Gasteiger partial charge is 0.310 e. The van der Waals surface area contributed by atoms with Crippen molar-refractivity contribution in [3.8, 4) is 5.69 Å². The molecular formula is C40H26N2S. The van der Waals surface area contributed by atoms with Gasteiger partial charge in [-0.05, 0) is 71.4 Å². The molecule has 9 rings (SSSR count). The van der Waals surface area contributed by atoms with E-state index < -0.39 is 0 Å². The SMILES string of the molecule is c1ccc(-n2c3ccccc3c3ccc(N(c4ccc5ccccc5c4)c4ccc5c(c4)sc4ccccc45)cc32)cc1. The molecule has 0 saturated carbocycles. The molecule has 0 amide bonds. The van der Waals surface area contributed by atoms with E-state index in [2.05, 4.69) is 167 Å². The van der Waals surface area contributed by atoms with E-state index in [-0.39, 0.29) is 0 Å². The fourth-order valence-corrected chi connectivity index (χ4v) is 7.71. The summed E-state index contributed by atoms with van der Waals surface area (Å²) in [5, 5.41) is 7.61. The summed E-state index contributed by atoms with van der Waals surface area (Å²) in [6, 6.07) is 57.3. The van der Waals surface area contributed by atoms with Crippen molar-refractivity contribution in [1.82, 2.24) is 4.57 Å². The molecule has 0 saturated heterocycles. The van der Waals surface area contributed by atoms with Gasteiger partial charge in [-0.1, -0.05) is 97.1 Å². The first-order chi connectivity index (χ1) is 21.3. The molecule has 0 aliphatic heterocycles. The number of hydrogen-bond donors (Lipinski definition) is 0. The highest BCUT2D eigenvalue weighted by atomic mass is 32.1. The topological polar surface area (TPSA) is 8.17 Å². The second-order valence-corrected chi connectivity index (χ2v) is 12.1. The Bertz CT molecular complexity index is 2470. The number of benzene rings is 7. The van der Waals surface area contributed by atoms with Gasteiger partial charge >= 0.3 is 0 Å². The summed E-state index contributed by atoms with van der Waals surface area (Å²) >= 11 is 1.86. The van der Waals surface area contributed by atoms with Gasteiger partial charge in [0.25, 0.3) is 0 Å². The molecule has 0 aliphatic rings. The molecule has 43 heavy (non-hydrogen) atoms. The summed E-state index contributed by atoms with van der Waals surface area (Å²) in [6.07, 6.45) is 0. The highest BCUT2D eigenvalue weighted by Crippen LogP contribution is 2.43. The molecule has 202 valence electrons. The van der Waals surface area contributed by atoms with Crippen LogP contribution in [-0.4, -0.2) is 4.57 Å². The zero-order valence-corrected chi connectivity index (χ0v) is 24.1. The maximum absolute atomic E-state index is 2.41. The van der Waals surface area contributed by atoms with E-state index in [1.165, 1.54) is 52.8 Å². The average molecular weight is 567 g/mol. The standard InChI is InChI=1S/C40H26N2S/c1-2-12-29(13-3-1)42-37-16-8-6-14-33(37)34-22-20-31(25-38(34)42)41(30-19-18-27-10-4-5-11-28(27)24-30)32-21-23-36-35-15-7-9-17-39(35)43-40(36)26-32/h1-26H. The number of hydrogen-bond acceptors (Lipinski definition) is 2. The fraction of sp³-hybridized carbons (Fsp3) is 0. The van der Waals surface area contributed by atoms with Gasteiger partial charge in [-0.15, -0.1) is 11.3 Å². The number of aromatic nitrogens is 1. The summed E-state index contributed by atoms with van der Waals surface area (Å²) < 4.78 is 5.01. The van der Waals surface area contributed by atoms with Crippen LogP contribution in [0.15, 0.2) is 158 Å². The second-order valence-electron chi connectivity index (χ2n) is 11.0. The molecule has 9 aromatic rings. The minimum Gasteiger partial charge on any atom is -0.310 e. The summed E-state index contributed by atoms with van der Waals surface area (Å²) in [5.74, 6) is 0. The lowest BCUT2D eigenvalue weighted by molar-refractivity contribution is 1.18. The Kier molecular flexibility index (Phi) is 5.40. The monoisotopic (exact) mass is 566 g/mol. The highest BCUT2D eigenvalue weighted by Gasteiger charge is 2.18. The zero-order chi connectivity index (χ0) is 28.3. The number of thiophene rings is 1. The molecular weight excluding hydrogens is 541 g/mol. The quantitative estimate of drug-likeness (QED) is 0.206. The van der Waals surface area contributed by atoms with Crippen LogP contribution in [0.2, 0.25) is 0 Å². The third kappa shape index (κ3) is 3.86. The van der Waals surface area contributed by atoms with E-state index in [0.717, 1.165) is 22.7 Å². The molecule has 0 atom stereocenters. The smallest absolute Gasteiger partial charge is 0.0561 e. The van der Waals surface area contributed by atoms with Crippen molar-refractivity contribution in [2.24, 2.45) is 0 Å². The van der Waals surface area contributed by atoms with Gasteiger partial charge < -0.3 is 9.47 Å². The lowest BCUT2D eigenvalue weighted by Gasteiger charge is -2.26. The van der Waals surface area contributed by atoms with Crippen molar-refractivity contribution in [3.05, 3.63) is 158 Å². The van der Waals surface area contributed by atoms with E-state index in [0.29, 0.717) is 0 Å². The molecule has 0 radical (unpaired) electrons. The number of fused-ring (bicyclic) bond motifs is 7. The summed E-state index contributed by atoms with van der Waals surface area (Å²) in [4.78, 5) is 2.41. The third-order valence-electron chi connectivity index (χ3n) is 8.54. The number of rotatable bonds is 4. The Morgan fingerprint density at radius 1 is 0.395 bits per heavy atom. The van der Waals surface area contributed by atoms with Crippen LogP contribution >= 0.6 is 11.3 Å². The van der Waals surface area contributed by atoms with Crippen molar-refractivity contribution in [2.45, 2.75) is 0 Å². The highest BCUT2D eigenvalue weighted by molar-refractivity contribution is 7.25. The van der Waals surface area contributed by atoms with Gasteiger partial charge in [0.2, 0.25) is 0 Å². The summed E-state index contributed by atoms with van der Waals surface area (Å²) in [5.41, 5.74) is 6.98. The van der Waals surface area contributed by atoms with Gasteiger partial charge in [-0.3, -0.25) is 0 Å². The normalized spacial score (nSPS) is 11.7. The average Bonchev–Trinajstić information content (AvgIpc) is 3.60. The minimum atomic E-state index is 1.13. The van der Waals surface area contributed by atoms with E-state index in [4.69, 9.17) is 0 Å². The first-order valence-corrected chi connectivity index (χ1v) is 15.4. The van der Waals surface area contributed by atoms with Crippen LogP contribution in [0.5, 0.6) is 0 Å². The Hall–Kier alpha value is -5.38. The summed E-state index contributed by atoms with van der Waals surface area (Å²) in [6.45, 7) is 0. The Balaban J connectivity index is 1.32. The summed E-state index contributed by atoms with van der Waals surface area (Å²) in [7, 11) is 0. The van der Waals surface area contributed by atoms with Gasteiger partial charge in [0.15, 0.2) is 0 Å². The van der Waals surface area contributed by atoms with E-state index in [1.807, 2.05) is 11.3 Å². The molecule has 3 heteroatoms. The van der Waals surface area contributed by atoms with Crippen LogP contribution in [0.4, 0.5) is 17.1 Å². The third-order valence-corrected chi connectivity index (χ3v) is 9.68. The molecule has 7 aromatic carbocycles. The van der Waals surface area contributed by atoms with Crippen LogP contribution in [0, 0.1) is 0 Å². The van der Waals surface area contributed by atoms with Crippen LogP contribution in [0.1, 0.15) is 0 Å². The van der Waals surface area contributed by atoms with Crippen LogP contribution in [0.3, 0.4) is 0 Å². The van der Waals surface area contributed by atoms with E-state index >= 15 is 0 Å². The van der Waals surface area contributed by atoms with Gasteiger partial charge in [0, 0.05) is 53.7 Å². The van der Waals surface area contributed by atoms with Gasteiger partial charge in [-0.2, -0.15) is 0 Å². The Morgan fingerprint density at radius 3 is 1.88 bits per heavy atom. The predicted molar refractivity (Wildman–Crippen MR) is 186 cm³/mol. The number of nitrogens with zero attached hydrogens (tertiary/aromatic N) is 2. The van der Waals surface area contributed by atoms with Crippen molar-refractivity contribution in [1.29, 1.82) is 0 Å². The maximum atomic E-state index is 2.41. The minimum absolute atomic E-state index is 1.13. The predicted octanol–water partition coefficient (Wildman–Crippen LogP) is 11.8.